The molecule has 3 aliphatic heterocycles. The molecular formula is C30H33FN6O3. The van der Waals surface area contributed by atoms with Crippen LogP contribution < -0.4 is 16.2 Å². The van der Waals surface area contributed by atoms with Crippen molar-refractivity contribution in [1.82, 2.24) is 31.0 Å². The van der Waals surface area contributed by atoms with Gasteiger partial charge in [-0.3, -0.25) is 19.8 Å². The number of hydrazine groups is 1. The number of fused-ring (bicyclic) bond motifs is 2. The van der Waals surface area contributed by atoms with E-state index in [9.17, 15) is 18.8 Å². The van der Waals surface area contributed by atoms with Crippen molar-refractivity contribution in [1.29, 1.82) is 0 Å². The van der Waals surface area contributed by atoms with Crippen molar-refractivity contribution >= 4 is 28.6 Å². The number of carbonyl (C=O) groups is 3. The van der Waals surface area contributed by atoms with Gasteiger partial charge in [-0.15, -0.1) is 0 Å². The van der Waals surface area contributed by atoms with E-state index in [-0.39, 0.29) is 41.3 Å². The number of halogens is 1. The van der Waals surface area contributed by atoms with Crippen LogP contribution in [-0.2, 0) is 11.2 Å². The number of hydrogen-bond donors (Lipinski definition) is 3. The van der Waals surface area contributed by atoms with E-state index in [0.29, 0.717) is 44.7 Å². The van der Waals surface area contributed by atoms with E-state index in [2.05, 4.69) is 21.2 Å². The van der Waals surface area contributed by atoms with Crippen LogP contribution in [0, 0.1) is 11.7 Å². The molecule has 6 rings (SSSR count). The standard InChI is InChI=1S/C30H33FN6O3/c31-23-10-8-19(18-26-27-21(6-3-12-32-27)28(38)35-34-26)17-22(23)29(39)36-13-4-14-37(16-15-36)30(40)25-11-9-20-5-1-2-7-24(20)33-25/h1-2,5,7-11,17,21,26-27,32,34H,3-4,6,12-16,18H2,(H,35,38). The first-order chi connectivity index (χ1) is 19.5. The van der Waals surface area contributed by atoms with E-state index in [4.69, 9.17) is 0 Å². The lowest BCUT2D eigenvalue weighted by Crippen LogP contribution is -2.67. The van der Waals surface area contributed by atoms with Crippen molar-refractivity contribution in [2.75, 3.05) is 32.7 Å². The van der Waals surface area contributed by atoms with Gasteiger partial charge in [-0.05, 0) is 62.1 Å². The molecule has 0 spiro atoms. The average Bonchev–Trinajstić information content (AvgIpc) is 3.25. The Morgan fingerprint density at radius 2 is 1.75 bits per heavy atom. The van der Waals surface area contributed by atoms with Crippen molar-refractivity contribution in [3.05, 3.63) is 77.2 Å². The quantitative estimate of drug-likeness (QED) is 0.466. The maximum atomic E-state index is 14.9. The number of nitrogens with one attached hydrogen (secondary N) is 3. The number of hydrogen-bond acceptors (Lipinski definition) is 6. The summed E-state index contributed by atoms with van der Waals surface area (Å²) in [5, 5.41) is 4.42. The van der Waals surface area contributed by atoms with Crippen LogP contribution in [0.5, 0.6) is 0 Å². The van der Waals surface area contributed by atoms with Crippen LogP contribution in [0.1, 0.15) is 45.7 Å². The van der Waals surface area contributed by atoms with Gasteiger partial charge in [0.1, 0.15) is 11.5 Å². The van der Waals surface area contributed by atoms with Crippen LogP contribution in [0.4, 0.5) is 4.39 Å². The summed E-state index contributed by atoms with van der Waals surface area (Å²) in [6, 6.07) is 15.8. The van der Waals surface area contributed by atoms with Gasteiger partial charge in [-0.25, -0.2) is 14.8 Å². The fourth-order valence-corrected chi connectivity index (χ4v) is 6.11. The molecule has 2 aromatic carbocycles. The first-order valence-electron chi connectivity index (χ1n) is 14.0. The molecule has 3 aliphatic rings. The zero-order valence-corrected chi connectivity index (χ0v) is 22.2. The van der Waals surface area contributed by atoms with Crippen molar-refractivity contribution < 1.29 is 18.8 Å². The highest BCUT2D eigenvalue weighted by Gasteiger charge is 2.40. The Hall–Kier alpha value is -3.89. The third-order valence-corrected chi connectivity index (χ3v) is 8.26. The molecular weight excluding hydrogens is 511 g/mol. The number of carbonyl (C=O) groups excluding carboxylic acids is 3. The second-order valence-electron chi connectivity index (χ2n) is 10.8. The van der Waals surface area contributed by atoms with E-state index >= 15 is 0 Å². The minimum atomic E-state index is -0.565. The van der Waals surface area contributed by atoms with Gasteiger partial charge in [-0.1, -0.05) is 30.3 Å². The summed E-state index contributed by atoms with van der Waals surface area (Å²) in [4.78, 5) is 46.8. The normalized spacial score (nSPS) is 23.3. The third kappa shape index (κ3) is 5.29. The lowest BCUT2D eigenvalue weighted by molar-refractivity contribution is -0.131. The lowest BCUT2D eigenvalue weighted by atomic mass is 9.82. The highest BCUT2D eigenvalue weighted by Crippen LogP contribution is 2.25. The third-order valence-electron chi connectivity index (χ3n) is 8.26. The number of benzene rings is 2. The molecule has 0 saturated carbocycles. The van der Waals surface area contributed by atoms with Crippen LogP contribution in [0.3, 0.4) is 0 Å². The maximum absolute atomic E-state index is 14.9. The molecule has 3 saturated heterocycles. The zero-order chi connectivity index (χ0) is 27.6. The second kappa shape index (κ2) is 11.3. The molecule has 3 amide bonds. The fourth-order valence-electron chi connectivity index (χ4n) is 6.11. The molecule has 0 bridgehead atoms. The predicted molar refractivity (Wildman–Crippen MR) is 148 cm³/mol. The van der Waals surface area contributed by atoms with Gasteiger partial charge in [-0.2, -0.15) is 0 Å². The largest absolute Gasteiger partial charge is 0.337 e. The first kappa shape index (κ1) is 26.3. The summed E-state index contributed by atoms with van der Waals surface area (Å²) >= 11 is 0. The molecule has 0 radical (unpaired) electrons. The Kier molecular flexibility index (Phi) is 7.44. The smallest absolute Gasteiger partial charge is 0.272 e. The number of pyridine rings is 1. The Morgan fingerprint density at radius 1 is 0.950 bits per heavy atom. The minimum absolute atomic E-state index is 0.00601. The van der Waals surface area contributed by atoms with Crippen molar-refractivity contribution in [3.63, 3.8) is 0 Å². The summed E-state index contributed by atoms with van der Waals surface area (Å²) in [5.74, 6) is -1.22. The van der Waals surface area contributed by atoms with Crippen molar-refractivity contribution in [2.45, 2.75) is 37.8 Å². The summed E-state index contributed by atoms with van der Waals surface area (Å²) < 4.78 is 14.9. The van der Waals surface area contributed by atoms with Crippen LogP contribution in [0.2, 0.25) is 0 Å². The molecule has 3 fully saturated rings. The van der Waals surface area contributed by atoms with Crippen LogP contribution in [0.25, 0.3) is 10.9 Å². The predicted octanol–water partition coefficient (Wildman–Crippen LogP) is 2.28. The van der Waals surface area contributed by atoms with Crippen LogP contribution in [-0.4, -0.2) is 77.3 Å². The number of nitrogens with zero attached hydrogens (tertiary/aromatic N) is 3. The molecule has 3 aromatic rings. The second-order valence-corrected chi connectivity index (χ2v) is 10.8. The molecule has 40 heavy (non-hydrogen) atoms. The topological polar surface area (TPSA) is 107 Å². The van der Waals surface area contributed by atoms with Gasteiger partial charge in [0.15, 0.2) is 0 Å². The first-order valence-corrected chi connectivity index (χ1v) is 14.0. The summed E-state index contributed by atoms with van der Waals surface area (Å²) in [7, 11) is 0. The van der Waals surface area contributed by atoms with Crippen molar-refractivity contribution in [2.24, 2.45) is 5.92 Å². The Morgan fingerprint density at radius 3 is 2.60 bits per heavy atom. The molecule has 208 valence electrons. The number of para-hydroxylation sites is 1. The van der Waals surface area contributed by atoms with E-state index in [1.807, 2.05) is 30.3 Å². The Bertz CT molecular complexity index is 1450. The molecule has 3 N–H and O–H groups in total. The fraction of sp³-hybridized carbons (Fsp3) is 0.400. The average molecular weight is 545 g/mol. The van der Waals surface area contributed by atoms with Gasteiger partial charge in [0.05, 0.1) is 17.0 Å². The van der Waals surface area contributed by atoms with Crippen LogP contribution >= 0.6 is 0 Å². The summed E-state index contributed by atoms with van der Waals surface area (Å²) in [6.45, 7) is 2.44. The monoisotopic (exact) mass is 544 g/mol. The van der Waals surface area contributed by atoms with E-state index in [1.165, 1.54) is 6.07 Å². The molecule has 3 unspecified atom stereocenters. The number of piperidine rings is 1. The molecule has 3 atom stereocenters. The number of rotatable bonds is 4. The lowest BCUT2D eigenvalue weighted by Gasteiger charge is -2.41. The highest BCUT2D eigenvalue weighted by molar-refractivity contribution is 5.96. The highest BCUT2D eigenvalue weighted by atomic mass is 19.1. The molecule has 4 heterocycles. The summed E-state index contributed by atoms with van der Waals surface area (Å²) in [6.07, 6.45) is 2.91. The SMILES string of the molecule is O=C1NNC(Cc2ccc(F)c(C(=O)N3CCCN(C(=O)c4ccc5ccccc5n4)CC3)c2)C2NCCCC12. The Balaban J connectivity index is 1.13. The molecule has 9 nitrogen and oxygen atoms in total. The van der Waals surface area contributed by atoms with E-state index < -0.39 is 5.82 Å². The molecule has 0 aliphatic carbocycles. The van der Waals surface area contributed by atoms with Crippen molar-refractivity contribution in [3.8, 4) is 0 Å². The summed E-state index contributed by atoms with van der Waals surface area (Å²) in [5.41, 5.74) is 7.86. The molecule has 10 heteroatoms. The van der Waals surface area contributed by atoms with Gasteiger partial charge in [0, 0.05) is 43.6 Å². The van der Waals surface area contributed by atoms with Crippen LogP contribution in [0.15, 0.2) is 54.6 Å². The van der Waals surface area contributed by atoms with Gasteiger partial charge >= 0.3 is 0 Å². The number of aromatic nitrogens is 1. The number of amides is 3. The van der Waals surface area contributed by atoms with Gasteiger partial charge in [0.25, 0.3) is 11.8 Å². The maximum Gasteiger partial charge on any atom is 0.272 e. The minimum Gasteiger partial charge on any atom is -0.337 e. The Labute approximate surface area is 232 Å². The van der Waals surface area contributed by atoms with E-state index in [0.717, 1.165) is 35.9 Å². The van der Waals surface area contributed by atoms with E-state index in [1.54, 1.807) is 28.0 Å². The molecule has 1 aromatic heterocycles. The van der Waals surface area contributed by atoms with Gasteiger partial charge < -0.3 is 15.1 Å². The van der Waals surface area contributed by atoms with Gasteiger partial charge in [0.2, 0.25) is 5.91 Å². The zero-order valence-electron chi connectivity index (χ0n) is 22.2.